The third kappa shape index (κ3) is 3.47. The largest absolute Gasteiger partial charge is 0.361 e. The van der Waals surface area contributed by atoms with Crippen LogP contribution < -0.4 is 16.0 Å². The lowest BCUT2D eigenvalue weighted by molar-refractivity contribution is -0.115. The summed E-state index contributed by atoms with van der Waals surface area (Å²) < 4.78 is 0. The zero-order valence-electron chi connectivity index (χ0n) is 11.8. The third-order valence-corrected chi connectivity index (χ3v) is 3.69. The van der Waals surface area contributed by atoms with Crippen molar-refractivity contribution in [1.29, 1.82) is 0 Å². The molecule has 2 rings (SSSR count). The molecule has 0 saturated carbocycles. The van der Waals surface area contributed by atoms with Gasteiger partial charge in [0.05, 0.1) is 17.9 Å². The fourth-order valence-electron chi connectivity index (χ4n) is 2.35. The highest BCUT2D eigenvalue weighted by atomic mass is 16.2. The van der Waals surface area contributed by atoms with Gasteiger partial charge in [0.15, 0.2) is 0 Å². The summed E-state index contributed by atoms with van der Waals surface area (Å²) in [4.78, 5) is 13.8. The van der Waals surface area contributed by atoms with Gasteiger partial charge in [0, 0.05) is 6.54 Å². The summed E-state index contributed by atoms with van der Waals surface area (Å²) in [6.45, 7) is 6.41. The molecule has 0 spiro atoms. The minimum absolute atomic E-state index is 0.0665. The lowest BCUT2D eigenvalue weighted by atomic mass is 9.88. The van der Waals surface area contributed by atoms with Crippen molar-refractivity contribution in [3.8, 4) is 0 Å². The summed E-state index contributed by atoms with van der Waals surface area (Å²) in [6, 6.07) is 7.96. The van der Waals surface area contributed by atoms with Gasteiger partial charge in [-0.2, -0.15) is 0 Å². The van der Waals surface area contributed by atoms with Gasteiger partial charge in [-0.1, -0.05) is 26.0 Å². The molecule has 0 aliphatic carbocycles. The second-order valence-electron chi connectivity index (χ2n) is 5.96. The molecule has 0 unspecified atom stereocenters. The average molecular weight is 261 g/mol. The van der Waals surface area contributed by atoms with Crippen molar-refractivity contribution in [3.63, 3.8) is 0 Å². The number of nitrogens with zero attached hydrogens (tertiary/aromatic N) is 1. The van der Waals surface area contributed by atoms with Gasteiger partial charge in [-0.25, -0.2) is 0 Å². The topological polar surface area (TPSA) is 58.4 Å². The van der Waals surface area contributed by atoms with E-state index in [0.717, 1.165) is 30.8 Å². The molecule has 0 aromatic heterocycles. The van der Waals surface area contributed by atoms with Crippen LogP contribution in [-0.4, -0.2) is 25.5 Å². The molecule has 1 aliphatic heterocycles. The molecule has 1 aromatic carbocycles. The highest BCUT2D eigenvalue weighted by Crippen LogP contribution is 2.29. The number of para-hydroxylation sites is 2. The molecular formula is C15H23N3O. The fourth-order valence-corrected chi connectivity index (χ4v) is 2.35. The Morgan fingerprint density at radius 1 is 1.37 bits per heavy atom. The molecule has 3 N–H and O–H groups in total. The normalized spacial score (nSPS) is 15.1. The van der Waals surface area contributed by atoms with Crippen LogP contribution in [-0.2, 0) is 4.79 Å². The molecular weight excluding hydrogens is 238 g/mol. The van der Waals surface area contributed by atoms with Gasteiger partial charge in [0.1, 0.15) is 0 Å². The average Bonchev–Trinajstić information content (AvgIpc) is 2.38. The lowest BCUT2D eigenvalue weighted by Crippen LogP contribution is -2.39. The van der Waals surface area contributed by atoms with Crippen LogP contribution in [0.15, 0.2) is 24.3 Å². The molecule has 0 saturated heterocycles. The number of hydrogen-bond acceptors (Lipinski definition) is 3. The number of nitrogens with one attached hydrogen (secondary N) is 1. The van der Waals surface area contributed by atoms with Crippen LogP contribution in [0, 0.1) is 5.41 Å². The number of anilines is 2. The van der Waals surface area contributed by atoms with Crippen molar-refractivity contribution in [1.82, 2.24) is 0 Å². The van der Waals surface area contributed by atoms with Gasteiger partial charge in [-0.05, 0) is 36.9 Å². The SMILES string of the molecule is CC(C)(CN)CCCN1CC(=O)Nc2ccccc21. The summed E-state index contributed by atoms with van der Waals surface area (Å²) in [5.41, 5.74) is 7.96. The van der Waals surface area contributed by atoms with Gasteiger partial charge >= 0.3 is 0 Å². The molecule has 1 aromatic rings. The predicted octanol–water partition coefficient (Wildman–Crippen LogP) is 2.21. The Labute approximate surface area is 115 Å². The molecule has 0 bridgehead atoms. The lowest BCUT2D eigenvalue weighted by Gasteiger charge is -2.32. The van der Waals surface area contributed by atoms with Crippen molar-refractivity contribution in [3.05, 3.63) is 24.3 Å². The maximum absolute atomic E-state index is 11.7. The molecule has 1 amide bonds. The molecule has 19 heavy (non-hydrogen) atoms. The van der Waals surface area contributed by atoms with Crippen LogP contribution in [0.1, 0.15) is 26.7 Å². The number of fused-ring (bicyclic) bond motifs is 1. The van der Waals surface area contributed by atoms with E-state index in [9.17, 15) is 4.79 Å². The van der Waals surface area contributed by atoms with E-state index < -0.39 is 0 Å². The first-order valence-corrected chi connectivity index (χ1v) is 6.86. The Morgan fingerprint density at radius 3 is 2.84 bits per heavy atom. The summed E-state index contributed by atoms with van der Waals surface area (Å²) >= 11 is 0. The van der Waals surface area contributed by atoms with Gasteiger partial charge in [0.2, 0.25) is 5.91 Å². The minimum Gasteiger partial charge on any atom is -0.361 e. The van der Waals surface area contributed by atoms with E-state index in [4.69, 9.17) is 5.73 Å². The van der Waals surface area contributed by atoms with Gasteiger partial charge < -0.3 is 16.0 Å². The number of carbonyl (C=O) groups excluding carboxylic acids is 1. The van der Waals surface area contributed by atoms with Gasteiger partial charge in [-0.3, -0.25) is 4.79 Å². The molecule has 0 atom stereocenters. The first-order valence-electron chi connectivity index (χ1n) is 6.86. The number of amides is 1. The predicted molar refractivity (Wildman–Crippen MR) is 79.4 cm³/mol. The van der Waals surface area contributed by atoms with E-state index in [1.54, 1.807) is 0 Å². The quantitative estimate of drug-likeness (QED) is 0.854. The highest BCUT2D eigenvalue weighted by molar-refractivity contribution is 6.01. The fraction of sp³-hybridized carbons (Fsp3) is 0.533. The maximum Gasteiger partial charge on any atom is 0.243 e. The maximum atomic E-state index is 11.7. The number of carbonyl (C=O) groups is 1. The second-order valence-corrected chi connectivity index (χ2v) is 5.96. The smallest absolute Gasteiger partial charge is 0.243 e. The zero-order valence-corrected chi connectivity index (χ0v) is 11.8. The van der Waals surface area contributed by atoms with E-state index in [2.05, 4.69) is 30.1 Å². The number of rotatable bonds is 5. The van der Waals surface area contributed by atoms with Crippen LogP contribution in [0.25, 0.3) is 0 Å². The van der Waals surface area contributed by atoms with E-state index in [1.807, 2.05) is 18.2 Å². The molecule has 0 radical (unpaired) electrons. The van der Waals surface area contributed by atoms with Crippen molar-refractivity contribution in [2.24, 2.45) is 11.1 Å². The molecule has 104 valence electrons. The summed E-state index contributed by atoms with van der Waals surface area (Å²) in [5, 5.41) is 2.91. The number of benzene rings is 1. The van der Waals surface area contributed by atoms with Crippen molar-refractivity contribution >= 4 is 17.3 Å². The van der Waals surface area contributed by atoms with Crippen LogP contribution >= 0.6 is 0 Å². The molecule has 0 fully saturated rings. The molecule has 4 nitrogen and oxygen atoms in total. The minimum atomic E-state index is 0.0665. The second kappa shape index (κ2) is 5.61. The Bertz CT molecular complexity index is 456. The Morgan fingerprint density at radius 2 is 2.11 bits per heavy atom. The van der Waals surface area contributed by atoms with E-state index in [-0.39, 0.29) is 11.3 Å². The van der Waals surface area contributed by atoms with Crippen LogP contribution in [0.4, 0.5) is 11.4 Å². The summed E-state index contributed by atoms with van der Waals surface area (Å²) in [5.74, 6) is 0.0665. The van der Waals surface area contributed by atoms with Crippen LogP contribution in [0.5, 0.6) is 0 Å². The first kappa shape index (κ1) is 13.9. The van der Waals surface area contributed by atoms with Crippen LogP contribution in [0.3, 0.4) is 0 Å². The molecule has 4 heteroatoms. The highest BCUT2D eigenvalue weighted by Gasteiger charge is 2.22. The van der Waals surface area contributed by atoms with Crippen molar-refractivity contribution in [2.45, 2.75) is 26.7 Å². The monoisotopic (exact) mass is 261 g/mol. The van der Waals surface area contributed by atoms with E-state index >= 15 is 0 Å². The summed E-state index contributed by atoms with van der Waals surface area (Å²) in [6.07, 6.45) is 2.12. The summed E-state index contributed by atoms with van der Waals surface area (Å²) in [7, 11) is 0. The zero-order chi connectivity index (χ0) is 13.9. The van der Waals surface area contributed by atoms with E-state index in [0.29, 0.717) is 13.1 Å². The number of nitrogens with two attached hydrogens (primary N) is 1. The van der Waals surface area contributed by atoms with E-state index in [1.165, 1.54) is 0 Å². The first-order chi connectivity index (χ1) is 9.02. The molecule has 1 aliphatic rings. The third-order valence-electron chi connectivity index (χ3n) is 3.69. The molecule has 1 heterocycles. The standard InChI is InChI=1S/C15H23N3O/c1-15(2,11-16)8-5-9-18-10-14(19)17-12-6-3-4-7-13(12)18/h3-4,6-7H,5,8-11,16H2,1-2H3,(H,17,19). The Kier molecular flexibility index (Phi) is 4.10. The van der Waals surface area contributed by atoms with Gasteiger partial charge in [0.25, 0.3) is 0 Å². The Hall–Kier alpha value is -1.55. The van der Waals surface area contributed by atoms with Crippen LogP contribution in [0.2, 0.25) is 0 Å². The van der Waals surface area contributed by atoms with Crippen molar-refractivity contribution < 1.29 is 4.79 Å². The number of hydrogen-bond donors (Lipinski definition) is 2. The Balaban J connectivity index is 1.99. The van der Waals surface area contributed by atoms with Crippen molar-refractivity contribution in [2.75, 3.05) is 29.9 Å². The van der Waals surface area contributed by atoms with Gasteiger partial charge in [-0.15, -0.1) is 0 Å².